The third kappa shape index (κ3) is 4.71. The lowest BCUT2D eigenvalue weighted by Crippen LogP contribution is -2.39. The number of nitrogens with zero attached hydrogens (tertiary/aromatic N) is 4. The van der Waals surface area contributed by atoms with Crippen molar-refractivity contribution in [3.05, 3.63) is 33.0 Å². The van der Waals surface area contributed by atoms with Gasteiger partial charge >= 0.3 is 0 Å². The number of thiophene rings is 1. The van der Waals surface area contributed by atoms with Crippen molar-refractivity contribution in [2.24, 2.45) is 4.99 Å². The van der Waals surface area contributed by atoms with Crippen LogP contribution in [0.15, 0.2) is 17.1 Å². The smallest absolute Gasteiger partial charge is 0.191 e. The number of fused-ring (bicyclic) bond motifs is 1. The fraction of sp³-hybridized carbons (Fsp3) is 0.562. The largest absolute Gasteiger partial charge is 0.386 e. The molecule has 0 aliphatic carbocycles. The molecule has 1 atom stereocenters. The lowest BCUT2D eigenvalue weighted by molar-refractivity contribution is 0.184. The Morgan fingerprint density at radius 3 is 3.04 bits per heavy atom. The SMILES string of the molecule is CCNC(=NCc1nnc2n1CCCC2)NCC(O)c1ccc(Cl)s1. The number of hydrogen-bond acceptors (Lipinski definition) is 5. The Morgan fingerprint density at radius 1 is 1.40 bits per heavy atom. The minimum absolute atomic E-state index is 0.362. The zero-order valence-electron chi connectivity index (χ0n) is 14.2. The van der Waals surface area contributed by atoms with Crippen molar-refractivity contribution in [2.45, 2.75) is 45.4 Å². The molecule has 0 bridgehead atoms. The van der Waals surface area contributed by atoms with Crippen LogP contribution in [0.25, 0.3) is 0 Å². The Bertz CT molecular complexity index is 728. The van der Waals surface area contributed by atoms with Crippen LogP contribution in [0, 0.1) is 0 Å². The molecule has 0 aromatic carbocycles. The van der Waals surface area contributed by atoms with E-state index in [1.54, 1.807) is 6.07 Å². The Labute approximate surface area is 156 Å². The minimum Gasteiger partial charge on any atom is -0.386 e. The lowest BCUT2D eigenvalue weighted by atomic mass is 10.2. The highest BCUT2D eigenvalue weighted by Gasteiger charge is 2.15. The van der Waals surface area contributed by atoms with E-state index in [2.05, 4.69) is 30.4 Å². The van der Waals surface area contributed by atoms with Gasteiger partial charge in [-0.15, -0.1) is 21.5 Å². The minimum atomic E-state index is -0.623. The van der Waals surface area contributed by atoms with Gasteiger partial charge in [-0.25, -0.2) is 4.99 Å². The summed E-state index contributed by atoms with van der Waals surface area (Å²) in [6, 6.07) is 3.63. The molecule has 0 radical (unpaired) electrons. The van der Waals surface area contributed by atoms with E-state index in [-0.39, 0.29) is 0 Å². The predicted octanol–water partition coefficient (Wildman–Crippen LogP) is 2.12. The topological polar surface area (TPSA) is 87.4 Å². The van der Waals surface area contributed by atoms with Gasteiger partial charge in [0.2, 0.25) is 0 Å². The van der Waals surface area contributed by atoms with Gasteiger partial charge in [-0.1, -0.05) is 11.6 Å². The number of halogens is 1. The number of aliphatic imine (C=N–C) groups is 1. The second kappa shape index (κ2) is 8.64. The quantitative estimate of drug-likeness (QED) is 0.526. The summed E-state index contributed by atoms with van der Waals surface area (Å²) in [5.41, 5.74) is 0. The molecule has 0 amide bonds. The summed E-state index contributed by atoms with van der Waals surface area (Å²) < 4.78 is 2.84. The standard InChI is InChI=1S/C16H23ClN6OS/c1-2-18-16(19-9-11(24)12-6-7-13(17)25-12)20-10-15-22-21-14-5-3-4-8-23(14)15/h6-7,11,24H,2-5,8-10H2,1H3,(H2,18,19,20). The summed E-state index contributed by atoms with van der Waals surface area (Å²) in [4.78, 5) is 5.41. The molecule has 9 heteroatoms. The Balaban J connectivity index is 1.60. The van der Waals surface area contributed by atoms with E-state index in [9.17, 15) is 5.11 Å². The predicted molar refractivity (Wildman–Crippen MR) is 100 cm³/mol. The van der Waals surface area contributed by atoms with E-state index in [1.165, 1.54) is 17.8 Å². The number of hydrogen-bond donors (Lipinski definition) is 3. The normalized spacial score (nSPS) is 15.7. The molecule has 1 aliphatic rings. The highest BCUT2D eigenvalue weighted by molar-refractivity contribution is 7.16. The van der Waals surface area contributed by atoms with Gasteiger partial charge in [-0.2, -0.15) is 0 Å². The van der Waals surface area contributed by atoms with Crippen LogP contribution in [-0.4, -0.2) is 38.9 Å². The number of nitrogens with one attached hydrogen (secondary N) is 2. The van der Waals surface area contributed by atoms with Crippen LogP contribution in [0.4, 0.5) is 0 Å². The first-order valence-corrected chi connectivity index (χ1v) is 9.73. The van der Waals surface area contributed by atoms with Crippen molar-refractivity contribution in [3.63, 3.8) is 0 Å². The van der Waals surface area contributed by atoms with Crippen molar-refractivity contribution >= 4 is 28.9 Å². The van der Waals surface area contributed by atoms with Gasteiger partial charge in [0.15, 0.2) is 11.8 Å². The van der Waals surface area contributed by atoms with Crippen LogP contribution < -0.4 is 10.6 Å². The fourth-order valence-electron chi connectivity index (χ4n) is 2.78. The van der Waals surface area contributed by atoms with Gasteiger partial charge in [0.05, 0.1) is 4.34 Å². The maximum atomic E-state index is 10.2. The van der Waals surface area contributed by atoms with E-state index < -0.39 is 6.10 Å². The molecule has 3 heterocycles. The molecule has 25 heavy (non-hydrogen) atoms. The monoisotopic (exact) mass is 382 g/mol. The summed E-state index contributed by atoms with van der Waals surface area (Å²) in [6.07, 6.45) is 2.71. The van der Waals surface area contributed by atoms with Crippen LogP contribution in [0.1, 0.15) is 42.4 Å². The molecular formula is C16H23ClN6OS. The Kier molecular flexibility index (Phi) is 6.28. The van der Waals surface area contributed by atoms with Crippen LogP contribution in [0.5, 0.6) is 0 Å². The van der Waals surface area contributed by atoms with Gasteiger partial charge in [-0.3, -0.25) is 0 Å². The van der Waals surface area contributed by atoms with E-state index in [1.807, 2.05) is 13.0 Å². The first-order valence-electron chi connectivity index (χ1n) is 8.53. The summed E-state index contributed by atoms with van der Waals surface area (Å²) in [5, 5.41) is 25.1. The van der Waals surface area contributed by atoms with Gasteiger partial charge in [0.1, 0.15) is 18.5 Å². The van der Waals surface area contributed by atoms with Crippen molar-refractivity contribution in [2.75, 3.05) is 13.1 Å². The van der Waals surface area contributed by atoms with Crippen molar-refractivity contribution in [3.8, 4) is 0 Å². The van der Waals surface area contributed by atoms with Crippen molar-refractivity contribution in [1.29, 1.82) is 0 Å². The van der Waals surface area contributed by atoms with Crippen molar-refractivity contribution < 1.29 is 5.11 Å². The van der Waals surface area contributed by atoms with Crippen molar-refractivity contribution in [1.82, 2.24) is 25.4 Å². The molecule has 0 saturated carbocycles. The molecule has 2 aromatic heterocycles. The van der Waals surface area contributed by atoms with Gasteiger partial charge < -0.3 is 20.3 Å². The van der Waals surface area contributed by atoms with Gasteiger partial charge in [-0.05, 0) is 31.9 Å². The summed E-state index contributed by atoms with van der Waals surface area (Å²) in [6.45, 7) is 4.54. The lowest BCUT2D eigenvalue weighted by Gasteiger charge is -2.15. The number of rotatable bonds is 6. The molecular weight excluding hydrogens is 360 g/mol. The van der Waals surface area contributed by atoms with Crippen LogP contribution in [-0.2, 0) is 19.5 Å². The van der Waals surface area contributed by atoms with Crippen LogP contribution >= 0.6 is 22.9 Å². The van der Waals surface area contributed by atoms with Gasteiger partial charge in [0, 0.05) is 30.9 Å². The second-order valence-corrected chi connectivity index (χ2v) is 7.62. The van der Waals surface area contributed by atoms with E-state index in [0.29, 0.717) is 23.4 Å². The Morgan fingerprint density at radius 2 is 2.28 bits per heavy atom. The zero-order valence-corrected chi connectivity index (χ0v) is 15.8. The van der Waals surface area contributed by atoms with Gasteiger partial charge in [0.25, 0.3) is 0 Å². The number of aromatic nitrogens is 3. The van der Waals surface area contributed by atoms with E-state index in [0.717, 1.165) is 42.5 Å². The first kappa shape index (κ1) is 18.2. The molecule has 2 aromatic rings. The average molecular weight is 383 g/mol. The zero-order chi connectivity index (χ0) is 17.6. The number of aliphatic hydroxyl groups excluding tert-OH is 1. The summed E-state index contributed by atoms with van der Waals surface area (Å²) in [7, 11) is 0. The number of guanidine groups is 1. The molecule has 0 spiro atoms. The third-order valence-electron chi connectivity index (χ3n) is 4.04. The summed E-state index contributed by atoms with van der Waals surface area (Å²) >= 11 is 7.30. The molecule has 136 valence electrons. The molecule has 1 aliphatic heterocycles. The maximum Gasteiger partial charge on any atom is 0.191 e. The molecule has 3 rings (SSSR count). The fourth-order valence-corrected chi connectivity index (χ4v) is 3.83. The average Bonchev–Trinajstić information content (AvgIpc) is 3.23. The first-order chi connectivity index (χ1) is 12.2. The molecule has 0 fully saturated rings. The highest BCUT2D eigenvalue weighted by atomic mass is 35.5. The number of aryl methyl sites for hydroxylation is 1. The highest BCUT2D eigenvalue weighted by Crippen LogP contribution is 2.26. The van der Waals surface area contributed by atoms with E-state index in [4.69, 9.17) is 11.6 Å². The molecule has 3 N–H and O–H groups in total. The number of aliphatic hydroxyl groups is 1. The van der Waals surface area contributed by atoms with E-state index >= 15 is 0 Å². The maximum absolute atomic E-state index is 10.2. The third-order valence-corrected chi connectivity index (χ3v) is 5.38. The second-order valence-electron chi connectivity index (χ2n) is 5.87. The molecule has 1 unspecified atom stereocenters. The van der Waals surface area contributed by atoms with Crippen LogP contribution in [0.3, 0.4) is 0 Å². The molecule has 0 saturated heterocycles. The Hall–Kier alpha value is -1.64. The molecule has 7 nitrogen and oxygen atoms in total. The summed E-state index contributed by atoms with van der Waals surface area (Å²) in [5.74, 6) is 2.59. The van der Waals surface area contributed by atoms with Crippen LogP contribution in [0.2, 0.25) is 4.34 Å².